The monoisotopic (exact) mass is 356 g/mol. The molecule has 0 aliphatic rings. The number of para-hydroxylation sites is 1. The second-order valence-electron chi connectivity index (χ2n) is 6.11. The molecule has 2 aromatic rings. The Labute approximate surface area is 155 Å². The van der Waals surface area contributed by atoms with Crippen LogP contribution in [0.25, 0.3) is 11.3 Å². The van der Waals surface area contributed by atoms with E-state index < -0.39 is 0 Å². The fourth-order valence-corrected chi connectivity index (χ4v) is 2.66. The van der Waals surface area contributed by atoms with Crippen molar-refractivity contribution >= 4 is 11.9 Å². The van der Waals surface area contributed by atoms with Gasteiger partial charge >= 0.3 is 0 Å². The summed E-state index contributed by atoms with van der Waals surface area (Å²) < 4.78 is 5.96. The molecule has 1 aromatic carbocycles. The standard InChI is InChI=1S/C20H28N4O2/c1-3-5-6-7-10-13-26-18-12-9-8-11-15(18)16-14-17(19(25)22-4-2)24-20(21)23-16/h8-9,11-12,14H,3-7,10,13H2,1-2H3,(H,22,25)(H2,21,23,24). The fourth-order valence-electron chi connectivity index (χ4n) is 2.66. The number of nitrogens with one attached hydrogen (secondary N) is 1. The van der Waals surface area contributed by atoms with Crippen molar-refractivity contribution in [1.29, 1.82) is 0 Å². The zero-order valence-electron chi connectivity index (χ0n) is 15.6. The molecule has 0 unspecified atom stereocenters. The van der Waals surface area contributed by atoms with Gasteiger partial charge in [-0.2, -0.15) is 0 Å². The van der Waals surface area contributed by atoms with E-state index in [1.165, 1.54) is 19.3 Å². The molecule has 2 rings (SSSR count). The number of rotatable bonds is 10. The molecule has 0 radical (unpaired) electrons. The molecule has 1 aromatic heterocycles. The van der Waals surface area contributed by atoms with E-state index in [-0.39, 0.29) is 17.5 Å². The van der Waals surface area contributed by atoms with Crippen molar-refractivity contribution in [2.45, 2.75) is 46.0 Å². The van der Waals surface area contributed by atoms with Gasteiger partial charge in [0, 0.05) is 12.1 Å². The van der Waals surface area contributed by atoms with E-state index in [0.29, 0.717) is 18.8 Å². The number of ether oxygens (including phenoxy) is 1. The molecular formula is C20H28N4O2. The van der Waals surface area contributed by atoms with Crippen LogP contribution in [0.15, 0.2) is 30.3 Å². The van der Waals surface area contributed by atoms with Crippen molar-refractivity contribution in [2.75, 3.05) is 18.9 Å². The molecule has 0 aliphatic heterocycles. The van der Waals surface area contributed by atoms with Crippen LogP contribution in [0.2, 0.25) is 0 Å². The van der Waals surface area contributed by atoms with Crippen LogP contribution in [0.1, 0.15) is 56.4 Å². The molecular weight excluding hydrogens is 328 g/mol. The highest BCUT2D eigenvalue weighted by molar-refractivity contribution is 5.93. The summed E-state index contributed by atoms with van der Waals surface area (Å²) in [6.07, 6.45) is 5.91. The summed E-state index contributed by atoms with van der Waals surface area (Å²) in [6.45, 7) is 5.24. The number of nitrogens with two attached hydrogens (primary N) is 1. The van der Waals surface area contributed by atoms with Crippen molar-refractivity contribution in [3.63, 3.8) is 0 Å². The molecule has 26 heavy (non-hydrogen) atoms. The number of carbonyl (C=O) groups is 1. The molecule has 1 amide bonds. The lowest BCUT2D eigenvalue weighted by Gasteiger charge is -2.12. The van der Waals surface area contributed by atoms with E-state index in [9.17, 15) is 4.79 Å². The third-order valence-corrected chi connectivity index (χ3v) is 3.98. The molecule has 0 fully saturated rings. The second kappa shape index (κ2) is 10.4. The summed E-state index contributed by atoms with van der Waals surface area (Å²) in [6, 6.07) is 9.30. The van der Waals surface area contributed by atoms with Gasteiger partial charge in [0.25, 0.3) is 5.91 Å². The maximum atomic E-state index is 12.1. The van der Waals surface area contributed by atoms with Crippen LogP contribution in [-0.4, -0.2) is 29.0 Å². The predicted molar refractivity (Wildman–Crippen MR) is 104 cm³/mol. The van der Waals surface area contributed by atoms with Crippen LogP contribution in [0, 0.1) is 0 Å². The van der Waals surface area contributed by atoms with Gasteiger partial charge in [0.15, 0.2) is 0 Å². The average Bonchev–Trinajstić information content (AvgIpc) is 2.64. The maximum Gasteiger partial charge on any atom is 0.270 e. The number of hydrogen-bond donors (Lipinski definition) is 2. The Hall–Kier alpha value is -2.63. The van der Waals surface area contributed by atoms with E-state index in [0.717, 1.165) is 24.2 Å². The lowest BCUT2D eigenvalue weighted by atomic mass is 10.1. The number of nitrogen functional groups attached to an aromatic ring is 1. The van der Waals surface area contributed by atoms with Crippen LogP contribution < -0.4 is 15.8 Å². The number of carbonyl (C=O) groups excluding carboxylic acids is 1. The Balaban J connectivity index is 2.14. The highest BCUT2D eigenvalue weighted by atomic mass is 16.5. The lowest BCUT2D eigenvalue weighted by molar-refractivity contribution is 0.0951. The summed E-state index contributed by atoms with van der Waals surface area (Å²) >= 11 is 0. The molecule has 0 bridgehead atoms. The van der Waals surface area contributed by atoms with E-state index >= 15 is 0 Å². The molecule has 0 atom stereocenters. The summed E-state index contributed by atoms with van der Waals surface area (Å²) in [5, 5.41) is 2.72. The minimum atomic E-state index is -0.267. The van der Waals surface area contributed by atoms with Crippen molar-refractivity contribution < 1.29 is 9.53 Å². The third kappa shape index (κ3) is 5.72. The summed E-state index contributed by atoms with van der Waals surface area (Å²) in [4.78, 5) is 20.4. The van der Waals surface area contributed by atoms with Crippen molar-refractivity contribution in [1.82, 2.24) is 15.3 Å². The quantitative estimate of drug-likeness (QED) is 0.632. The molecule has 6 nitrogen and oxygen atoms in total. The molecule has 0 spiro atoms. The highest BCUT2D eigenvalue weighted by Crippen LogP contribution is 2.29. The van der Waals surface area contributed by atoms with Crippen LogP contribution in [0.4, 0.5) is 5.95 Å². The van der Waals surface area contributed by atoms with Crippen LogP contribution in [0.3, 0.4) is 0 Å². The van der Waals surface area contributed by atoms with Gasteiger partial charge < -0.3 is 15.8 Å². The molecule has 0 saturated carbocycles. The number of amides is 1. The SMILES string of the molecule is CCCCCCCOc1ccccc1-c1cc(C(=O)NCC)nc(N)n1. The minimum absolute atomic E-state index is 0.0677. The Kier molecular flexibility index (Phi) is 7.86. The smallest absolute Gasteiger partial charge is 0.270 e. The number of nitrogens with zero attached hydrogens (tertiary/aromatic N) is 2. The average molecular weight is 356 g/mol. The Morgan fingerprint density at radius 1 is 1.12 bits per heavy atom. The molecule has 6 heteroatoms. The molecule has 0 aliphatic carbocycles. The Morgan fingerprint density at radius 3 is 2.65 bits per heavy atom. The van der Waals surface area contributed by atoms with E-state index in [2.05, 4.69) is 22.2 Å². The first-order chi connectivity index (χ1) is 12.7. The first-order valence-corrected chi connectivity index (χ1v) is 9.30. The van der Waals surface area contributed by atoms with Crippen LogP contribution >= 0.6 is 0 Å². The summed E-state index contributed by atoms with van der Waals surface area (Å²) in [7, 11) is 0. The second-order valence-corrected chi connectivity index (χ2v) is 6.11. The molecule has 1 heterocycles. The van der Waals surface area contributed by atoms with Gasteiger partial charge in [-0.15, -0.1) is 0 Å². The van der Waals surface area contributed by atoms with E-state index in [1.807, 2.05) is 31.2 Å². The Bertz CT molecular complexity index is 719. The zero-order chi connectivity index (χ0) is 18.8. The predicted octanol–water partition coefficient (Wildman–Crippen LogP) is 3.82. The normalized spacial score (nSPS) is 10.5. The number of unbranched alkanes of at least 4 members (excludes halogenated alkanes) is 4. The zero-order valence-corrected chi connectivity index (χ0v) is 15.6. The van der Waals surface area contributed by atoms with Gasteiger partial charge in [-0.3, -0.25) is 4.79 Å². The molecule has 140 valence electrons. The minimum Gasteiger partial charge on any atom is -0.493 e. The summed E-state index contributed by atoms with van der Waals surface area (Å²) in [5.74, 6) is 0.540. The first-order valence-electron chi connectivity index (χ1n) is 9.30. The largest absolute Gasteiger partial charge is 0.493 e. The van der Waals surface area contributed by atoms with E-state index in [4.69, 9.17) is 10.5 Å². The number of anilines is 1. The van der Waals surface area contributed by atoms with Gasteiger partial charge in [-0.05, 0) is 31.5 Å². The maximum absolute atomic E-state index is 12.1. The van der Waals surface area contributed by atoms with Crippen molar-refractivity contribution in [3.8, 4) is 17.0 Å². The van der Waals surface area contributed by atoms with E-state index in [1.54, 1.807) is 6.07 Å². The fraction of sp³-hybridized carbons (Fsp3) is 0.450. The molecule has 3 N–H and O–H groups in total. The lowest BCUT2D eigenvalue weighted by Crippen LogP contribution is -2.24. The van der Waals surface area contributed by atoms with Crippen molar-refractivity contribution in [3.05, 3.63) is 36.0 Å². The topological polar surface area (TPSA) is 90.1 Å². The summed E-state index contributed by atoms with van der Waals surface area (Å²) in [5.41, 5.74) is 7.45. The van der Waals surface area contributed by atoms with Gasteiger partial charge in [0.2, 0.25) is 5.95 Å². The highest BCUT2D eigenvalue weighted by Gasteiger charge is 2.14. The Morgan fingerprint density at radius 2 is 1.88 bits per heavy atom. The number of hydrogen-bond acceptors (Lipinski definition) is 5. The van der Waals surface area contributed by atoms with Gasteiger partial charge in [-0.1, -0.05) is 44.7 Å². The number of benzene rings is 1. The van der Waals surface area contributed by atoms with Crippen LogP contribution in [-0.2, 0) is 0 Å². The number of aromatic nitrogens is 2. The first kappa shape index (κ1) is 19.7. The van der Waals surface area contributed by atoms with Crippen molar-refractivity contribution in [2.24, 2.45) is 0 Å². The van der Waals surface area contributed by atoms with Crippen LogP contribution in [0.5, 0.6) is 5.75 Å². The van der Waals surface area contributed by atoms with Gasteiger partial charge in [0.05, 0.1) is 12.3 Å². The van der Waals surface area contributed by atoms with Gasteiger partial charge in [-0.25, -0.2) is 9.97 Å². The third-order valence-electron chi connectivity index (χ3n) is 3.98. The molecule has 0 saturated heterocycles. The van der Waals surface area contributed by atoms with Gasteiger partial charge in [0.1, 0.15) is 11.4 Å².